The second-order valence-corrected chi connectivity index (χ2v) is 8.17. The fraction of sp³-hybridized carbons (Fsp3) is 0.778. The van der Waals surface area contributed by atoms with Gasteiger partial charge in [-0.05, 0) is 57.9 Å². The highest BCUT2D eigenvalue weighted by atomic mass is 35.5. The Bertz CT molecular complexity index is 536. The van der Waals surface area contributed by atoms with Crippen molar-refractivity contribution in [2.45, 2.75) is 52.1 Å². The lowest BCUT2D eigenvalue weighted by Crippen LogP contribution is -2.45. The van der Waals surface area contributed by atoms with Gasteiger partial charge in [0.15, 0.2) is 0 Å². The van der Waals surface area contributed by atoms with E-state index in [0.29, 0.717) is 11.7 Å². The summed E-state index contributed by atoms with van der Waals surface area (Å²) >= 11 is 0. The van der Waals surface area contributed by atoms with Gasteiger partial charge in [-0.3, -0.25) is 9.48 Å². The number of hydrogen-bond acceptors (Lipinski definition) is 4. The number of aromatic nitrogens is 2. The van der Waals surface area contributed by atoms with E-state index in [1.165, 1.54) is 0 Å². The summed E-state index contributed by atoms with van der Waals surface area (Å²) in [6.07, 6.45) is 5.12. The zero-order chi connectivity index (χ0) is 17.7. The number of amides is 1. The molecule has 0 radical (unpaired) electrons. The molecule has 2 heterocycles. The summed E-state index contributed by atoms with van der Waals surface area (Å²) in [4.78, 5) is 14.8. The minimum absolute atomic E-state index is 0. The van der Waals surface area contributed by atoms with Crippen molar-refractivity contribution in [3.63, 3.8) is 0 Å². The second-order valence-electron chi connectivity index (χ2n) is 8.17. The van der Waals surface area contributed by atoms with Crippen molar-refractivity contribution in [2.75, 3.05) is 33.7 Å². The molecule has 1 fully saturated rings. The average Bonchev–Trinajstić information content (AvgIpc) is 3.00. The Labute approximate surface area is 170 Å². The van der Waals surface area contributed by atoms with Gasteiger partial charge in [0.2, 0.25) is 0 Å². The molecule has 2 atom stereocenters. The molecule has 152 valence electrons. The van der Waals surface area contributed by atoms with E-state index in [-0.39, 0.29) is 42.2 Å². The van der Waals surface area contributed by atoms with Crippen LogP contribution in [0, 0.1) is 5.41 Å². The molecule has 0 aliphatic carbocycles. The third-order valence-electron chi connectivity index (χ3n) is 4.70. The molecule has 1 aliphatic heterocycles. The van der Waals surface area contributed by atoms with Crippen LogP contribution in [0.15, 0.2) is 12.3 Å². The summed E-state index contributed by atoms with van der Waals surface area (Å²) in [5.74, 6) is -0.0730. The lowest BCUT2D eigenvalue weighted by Gasteiger charge is -2.32. The Morgan fingerprint density at radius 3 is 2.65 bits per heavy atom. The van der Waals surface area contributed by atoms with Crippen LogP contribution in [0.4, 0.5) is 0 Å². The maximum atomic E-state index is 12.6. The monoisotopic (exact) mass is 407 g/mol. The van der Waals surface area contributed by atoms with Gasteiger partial charge in [0.25, 0.3) is 5.91 Å². The number of halogens is 2. The minimum atomic E-state index is -0.0730. The van der Waals surface area contributed by atoms with E-state index in [1.54, 1.807) is 0 Å². The molecule has 26 heavy (non-hydrogen) atoms. The van der Waals surface area contributed by atoms with E-state index >= 15 is 0 Å². The summed E-state index contributed by atoms with van der Waals surface area (Å²) in [6, 6.07) is 2.30. The Morgan fingerprint density at radius 2 is 2.12 bits per heavy atom. The molecule has 2 rings (SSSR count). The number of nitrogens with one attached hydrogen (secondary N) is 2. The summed E-state index contributed by atoms with van der Waals surface area (Å²) in [5.41, 5.74) is 0.529. The van der Waals surface area contributed by atoms with Gasteiger partial charge in [-0.15, -0.1) is 24.8 Å². The van der Waals surface area contributed by atoms with Crippen molar-refractivity contribution in [3.8, 4) is 0 Å². The molecule has 1 aliphatic rings. The highest BCUT2D eigenvalue weighted by Crippen LogP contribution is 2.22. The maximum absolute atomic E-state index is 12.6. The smallest absolute Gasteiger partial charge is 0.272 e. The molecule has 1 aromatic heterocycles. The highest BCUT2D eigenvalue weighted by molar-refractivity contribution is 5.92. The molecule has 0 bridgehead atoms. The minimum Gasteiger partial charge on any atom is -0.347 e. The lowest BCUT2D eigenvalue weighted by molar-refractivity contribution is 0.0886. The molecule has 0 saturated carbocycles. The quantitative estimate of drug-likeness (QED) is 0.760. The van der Waals surface area contributed by atoms with Crippen molar-refractivity contribution in [2.24, 2.45) is 5.41 Å². The number of hydrogen-bond donors (Lipinski definition) is 2. The van der Waals surface area contributed by atoms with E-state index in [9.17, 15) is 4.79 Å². The Morgan fingerprint density at radius 1 is 1.42 bits per heavy atom. The van der Waals surface area contributed by atoms with Crippen molar-refractivity contribution in [3.05, 3.63) is 18.0 Å². The van der Waals surface area contributed by atoms with Crippen LogP contribution in [0.1, 0.15) is 56.6 Å². The van der Waals surface area contributed by atoms with Crippen molar-refractivity contribution in [1.29, 1.82) is 0 Å². The molecule has 6 nitrogen and oxygen atoms in total. The largest absolute Gasteiger partial charge is 0.347 e. The number of carbonyl (C=O) groups excluding carboxylic acids is 1. The van der Waals surface area contributed by atoms with Crippen molar-refractivity contribution < 1.29 is 4.79 Å². The first-order valence-electron chi connectivity index (χ1n) is 8.99. The first-order valence-corrected chi connectivity index (χ1v) is 8.99. The Balaban J connectivity index is 0.00000312. The summed E-state index contributed by atoms with van der Waals surface area (Å²) in [6.45, 7) is 9.45. The topological polar surface area (TPSA) is 62.2 Å². The molecule has 8 heteroatoms. The van der Waals surface area contributed by atoms with Gasteiger partial charge in [-0.25, -0.2) is 0 Å². The summed E-state index contributed by atoms with van der Waals surface area (Å²) in [5, 5.41) is 11.1. The zero-order valence-electron chi connectivity index (χ0n) is 16.6. The van der Waals surface area contributed by atoms with Crippen molar-refractivity contribution in [1.82, 2.24) is 25.3 Å². The number of rotatable bonds is 6. The fourth-order valence-corrected chi connectivity index (χ4v) is 3.06. The van der Waals surface area contributed by atoms with Gasteiger partial charge >= 0.3 is 0 Å². The van der Waals surface area contributed by atoms with Gasteiger partial charge < -0.3 is 15.5 Å². The van der Waals surface area contributed by atoms with Crippen LogP contribution in [0.2, 0.25) is 0 Å². The number of piperidine rings is 1. The molecule has 2 N–H and O–H groups in total. The predicted octanol–water partition coefficient (Wildman–Crippen LogP) is 2.75. The highest BCUT2D eigenvalue weighted by Gasteiger charge is 2.27. The van der Waals surface area contributed by atoms with Crippen LogP contribution in [0.5, 0.6) is 0 Å². The van der Waals surface area contributed by atoms with Crippen LogP contribution in [0.25, 0.3) is 0 Å². The first-order chi connectivity index (χ1) is 11.3. The standard InChI is InChI=1S/C18H33N5O.2ClH/c1-18(2,3)16(9-11-22(4)5)20-17(24)15-8-12-23(21-15)14-7-6-10-19-13-14;;/h8,12,14,16,19H,6-7,9-11,13H2,1-5H3,(H,20,24);2*1H. The van der Waals surface area contributed by atoms with Crippen LogP contribution in [0.3, 0.4) is 0 Å². The third kappa shape index (κ3) is 7.43. The average molecular weight is 408 g/mol. The first kappa shape index (κ1) is 25.2. The van der Waals surface area contributed by atoms with Gasteiger partial charge in [0.1, 0.15) is 5.69 Å². The second kappa shape index (κ2) is 11.1. The van der Waals surface area contributed by atoms with E-state index < -0.39 is 0 Å². The van der Waals surface area contributed by atoms with E-state index in [4.69, 9.17) is 0 Å². The van der Waals surface area contributed by atoms with Crippen molar-refractivity contribution >= 4 is 30.7 Å². The summed E-state index contributed by atoms with van der Waals surface area (Å²) in [7, 11) is 4.11. The summed E-state index contributed by atoms with van der Waals surface area (Å²) < 4.78 is 1.94. The SMILES string of the molecule is CN(C)CCC(NC(=O)c1ccn(C2CCCNC2)n1)C(C)(C)C.Cl.Cl. The van der Waals surface area contributed by atoms with Crippen LogP contribution in [-0.4, -0.2) is 60.4 Å². The third-order valence-corrected chi connectivity index (χ3v) is 4.70. The normalized spacial score (nSPS) is 18.6. The van der Waals surface area contributed by atoms with Crippen LogP contribution >= 0.6 is 24.8 Å². The number of carbonyl (C=O) groups is 1. The Hall–Kier alpha value is -0.820. The lowest BCUT2D eigenvalue weighted by atomic mass is 9.84. The molecule has 2 unspecified atom stereocenters. The predicted molar refractivity (Wildman–Crippen MR) is 112 cm³/mol. The molecule has 0 aromatic carbocycles. The number of nitrogens with zero attached hydrogens (tertiary/aromatic N) is 3. The van der Waals surface area contributed by atoms with Gasteiger partial charge in [-0.1, -0.05) is 20.8 Å². The maximum Gasteiger partial charge on any atom is 0.272 e. The van der Waals surface area contributed by atoms with Gasteiger partial charge in [-0.2, -0.15) is 5.10 Å². The van der Waals surface area contributed by atoms with Crippen LogP contribution < -0.4 is 10.6 Å². The zero-order valence-corrected chi connectivity index (χ0v) is 18.3. The van der Waals surface area contributed by atoms with E-state index in [1.807, 2.05) is 16.9 Å². The molecular formula is C18H35Cl2N5O. The van der Waals surface area contributed by atoms with E-state index in [0.717, 1.165) is 38.9 Å². The van der Waals surface area contributed by atoms with Crippen LogP contribution in [-0.2, 0) is 0 Å². The van der Waals surface area contributed by atoms with Gasteiger partial charge in [0.05, 0.1) is 6.04 Å². The Kier molecular flexibility index (Phi) is 10.8. The molecule has 0 spiro atoms. The molecular weight excluding hydrogens is 373 g/mol. The fourth-order valence-electron chi connectivity index (χ4n) is 3.06. The van der Waals surface area contributed by atoms with Gasteiger partial charge in [0, 0.05) is 18.8 Å². The van der Waals surface area contributed by atoms with E-state index in [2.05, 4.69) is 55.5 Å². The molecule has 1 saturated heterocycles. The molecule has 1 aromatic rings. The molecule has 1 amide bonds.